The first-order valence-corrected chi connectivity index (χ1v) is 8.53. The molecule has 25 heavy (non-hydrogen) atoms. The van der Waals surface area contributed by atoms with Crippen LogP contribution in [0.25, 0.3) is 10.9 Å². The molecule has 2 aromatic carbocycles. The third kappa shape index (κ3) is 4.35. The van der Waals surface area contributed by atoms with Crippen molar-refractivity contribution in [2.45, 2.75) is 33.3 Å². The molecule has 0 saturated heterocycles. The molecule has 128 valence electrons. The van der Waals surface area contributed by atoms with E-state index in [-0.39, 0.29) is 5.91 Å². The van der Waals surface area contributed by atoms with Gasteiger partial charge in [0.25, 0.3) is 0 Å². The lowest BCUT2D eigenvalue weighted by molar-refractivity contribution is -0.116. The molecule has 3 aromatic rings. The van der Waals surface area contributed by atoms with E-state index >= 15 is 0 Å². The summed E-state index contributed by atoms with van der Waals surface area (Å²) in [5, 5.41) is 3.98. The topological polar surface area (TPSA) is 51.2 Å². The second kappa shape index (κ2) is 7.79. The summed E-state index contributed by atoms with van der Waals surface area (Å²) in [4.78, 5) is 16.2. The molecule has 0 atom stereocenters. The van der Waals surface area contributed by atoms with Crippen molar-refractivity contribution in [2.75, 3.05) is 5.32 Å². The normalized spacial score (nSPS) is 10.6. The van der Waals surface area contributed by atoms with E-state index in [0.29, 0.717) is 13.0 Å². The molecule has 0 fully saturated rings. The van der Waals surface area contributed by atoms with E-state index in [1.165, 1.54) is 0 Å². The Hall–Kier alpha value is -2.88. The molecule has 1 N–H and O–H groups in total. The molecular weight excluding hydrogens is 312 g/mol. The molecule has 0 aliphatic carbocycles. The van der Waals surface area contributed by atoms with E-state index in [2.05, 4.69) is 22.4 Å². The molecule has 0 saturated carbocycles. The van der Waals surface area contributed by atoms with Gasteiger partial charge < -0.3 is 10.1 Å². The summed E-state index contributed by atoms with van der Waals surface area (Å²) < 4.78 is 5.92. The minimum Gasteiger partial charge on any atom is -0.489 e. The maximum Gasteiger partial charge on any atom is 0.224 e. The monoisotopic (exact) mass is 334 g/mol. The highest BCUT2D eigenvalue weighted by Crippen LogP contribution is 2.21. The third-order valence-corrected chi connectivity index (χ3v) is 3.94. The molecule has 0 aliphatic rings. The predicted molar refractivity (Wildman–Crippen MR) is 101 cm³/mol. The first-order chi connectivity index (χ1) is 12.2. The van der Waals surface area contributed by atoms with Crippen LogP contribution in [0.3, 0.4) is 0 Å². The number of aryl methyl sites for hydroxylation is 1. The van der Waals surface area contributed by atoms with Gasteiger partial charge >= 0.3 is 0 Å². The number of para-hydroxylation sites is 1. The van der Waals surface area contributed by atoms with Crippen molar-refractivity contribution >= 4 is 22.5 Å². The van der Waals surface area contributed by atoms with Crippen molar-refractivity contribution in [3.63, 3.8) is 0 Å². The Morgan fingerprint density at radius 3 is 2.64 bits per heavy atom. The number of hydrogen-bond acceptors (Lipinski definition) is 3. The number of rotatable bonds is 6. The van der Waals surface area contributed by atoms with Crippen LogP contribution in [0.2, 0.25) is 0 Å². The van der Waals surface area contributed by atoms with Crippen LogP contribution >= 0.6 is 0 Å². The van der Waals surface area contributed by atoms with Gasteiger partial charge in [-0.05, 0) is 49.7 Å². The van der Waals surface area contributed by atoms with E-state index < -0.39 is 0 Å². The highest BCUT2D eigenvalue weighted by atomic mass is 16.5. The summed E-state index contributed by atoms with van der Waals surface area (Å²) in [7, 11) is 0. The minimum atomic E-state index is 0.0369. The molecule has 0 aliphatic heterocycles. The van der Waals surface area contributed by atoms with Crippen LogP contribution in [-0.4, -0.2) is 10.9 Å². The van der Waals surface area contributed by atoms with Gasteiger partial charge in [0.1, 0.15) is 12.4 Å². The largest absolute Gasteiger partial charge is 0.489 e. The smallest absolute Gasteiger partial charge is 0.224 e. The van der Waals surface area contributed by atoms with E-state index in [9.17, 15) is 4.79 Å². The van der Waals surface area contributed by atoms with Crippen molar-refractivity contribution in [3.05, 3.63) is 65.9 Å². The lowest BCUT2D eigenvalue weighted by Gasteiger charge is -2.11. The molecule has 1 heterocycles. The Morgan fingerprint density at radius 2 is 1.88 bits per heavy atom. The number of ether oxygens (including phenoxy) is 1. The Morgan fingerprint density at radius 1 is 1.12 bits per heavy atom. The molecule has 0 bridgehead atoms. The molecule has 3 rings (SSSR count). The zero-order chi connectivity index (χ0) is 17.6. The fourth-order valence-corrected chi connectivity index (χ4v) is 2.76. The number of amides is 1. The SMILES string of the molecule is CCCC(=O)Nc1ccc(OCc2cc(C)nc3ccccc23)cc1. The standard InChI is InChI=1S/C21H22N2O2/c1-3-6-21(24)23-17-9-11-18(12-10-17)25-14-16-13-15(2)22-20-8-5-4-7-19(16)20/h4-5,7-13H,3,6,14H2,1-2H3,(H,23,24). The van der Waals surface area contributed by atoms with E-state index in [1.807, 2.05) is 56.3 Å². The number of pyridine rings is 1. The van der Waals surface area contributed by atoms with Crippen molar-refractivity contribution in [1.29, 1.82) is 0 Å². The highest BCUT2D eigenvalue weighted by molar-refractivity contribution is 5.90. The fraction of sp³-hybridized carbons (Fsp3) is 0.238. The van der Waals surface area contributed by atoms with Crippen LogP contribution in [0.5, 0.6) is 5.75 Å². The zero-order valence-corrected chi connectivity index (χ0v) is 14.6. The van der Waals surface area contributed by atoms with Crippen molar-refractivity contribution in [3.8, 4) is 5.75 Å². The molecule has 1 amide bonds. The van der Waals surface area contributed by atoms with Crippen LogP contribution in [0.4, 0.5) is 5.69 Å². The second-order valence-corrected chi connectivity index (χ2v) is 6.05. The molecule has 1 aromatic heterocycles. The number of benzene rings is 2. The minimum absolute atomic E-state index is 0.0369. The lowest BCUT2D eigenvalue weighted by atomic mass is 10.1. The van der Waals surface area contributed by atoms with E-state index in [0.717, 1.165) is 40.0 Å². The molecule has 0 spiro atoms. The fourth-order valence-electron chi connectivity index (χ4n) is 2.76. The molecule has 4 nitrogen and oxygen atoms in total. The van der Waals surface area contributed by atoms with Gasteiger partial charge in [-0.1, -0.05) is 25.1 Å². The van der Waals surface area contributed by atoms with Crippen LogP contribution in [0.1, 0.15) is 31.0 Å². The van der Waals surface area contributed by atoms with Crippen LogP contribution < -0.4 is 10.1 Å². The van der Waals surface area contributed by atoms with E-state index in [4.69, 9.17) is 4.74 Å². The van der Waals surface area contributed by atoms with Gasteiger partial charge in [0.15, 0.2) is 0 Å². The number of nitrogens with zero attached hydrogens (tertiary/aromatic N) is 1. The van der Waals surface area contributed by atoms with Crippen LogP contribution in [0, 0.1) is 6.92 Å². The third-order valence-electron chi connectivity index (χ3n) is 3.94. The maximum atomic E-state index is 11.6. The molecule has 0 unspecified atom stereocenters. The maximum absolute atomic E-state index is 11.6. The highest BCUT2D eigenvalue weighted by Gasteiger charge is 2.05. The van der Waals surface area contributed by atoms with Gasteiger partial charge in [0, 0.05) is 28.8 Å². The summed E-state index contributed by atoms with van der Waals surface area (Å²) in [5.41, 5.74) is 3.86. The molecule has 4 heteroatoms. The number of anilines is 1. The number of fused-ring (bicyclic) bond motifs is 1. The van der Waals surface area contributed by atoms with Gasteiger partial charge in [-0.15, -0.1) is 0 Å². The summed E-state index contributed by atoms with van der Waals surface area (Å²) in [6.45, 7) is 4.45. The summed E-state index contributed by atoms with van der Waals surface area (Å²) in [6.07, 6.45) is 1.37. The number of hydrogen-bond donors (Lipinski definition) is 1. The summed E-state index contributed by atoms with van der Waals surface area (Å²) >= 11 is 0. The number of carbonyl (C=O) groups is 1. The average molecular weight is 334 g/mol. The first-order valence-electron chi connectivity index (χ1n) is 8.53. The van der Waals surface area contributed by atoms with Gasteiger partial charge in [0.05, 0.1) is 5.52 Å². The number of aromatic nitrogens is 1. The molecular formula is C21H22N2O2. The Balaban J connectivity index is 1.69. The Labute approximate surface area is 147 Å². The van der Waals surface area contributed by atoms with E-state index in [1.54, 1.807) is 0 Å². The average Bonchev–Trinajstić information content (AvgIpc) is 2.61. The summed E-state index contributed by atoms with van der Waals surface area (Å²) in [5.74, 6) is 0.807. The van der Waals surface area contributed by atoms with Crippen molar-refractivity contribution in [1.82, 2.24) is 4.98 Å². The summed E-state index contributed by atoms with van der Waals surface area (Å²) in [6, 6.07) is 17.6. The predicted octanol–water partition coefficient (Wildman–Crippen LogP) is 4.86. The van der Waals surface area contributed by atoms with Gasteiger partial charge in [-0.3, -0.25) is 9.78 Å². The van der Waals surface area contributed by atoms with Gasteiger partial charge in [-0.25, -0.2) is 0 Å². The van der Waals surface area contributed by atoms with Crippen molar-refractivity contribution in [2.24, 2.45) is 0 Å². The first kappa shape index (κ1) is 17.0. The Kier molecular flexibility index (Phi) is 5.29. The van der Waals surface area contributed by atoms with Crippen LogP contribution in [-0.2, 0) is 11.4 Å². The lowest BCUT2D eigenvalue weighted by Crippen LogP contribution is -2.10. The quantitative estimate of drug-likeness (QED) is 0.700. The zero-order valence-electron chi connectivity index (χ0n) is 14.6. The van der Waals surface area contributed by atoms with Gasteiger partial charge in [-0.2, -0.15) is 0 Å². The van der Waals surface area contributed by atoms with Crippen LogP contribution in [0.15, 0.2) is 54.6 Å². The van der Waals surface area contributed by atoms with Gasteiger partial charge in [0.2, 0.25) is 5.91 Å². The number of nitrogens with one attached hydrogen (secondary N) is 1. The van der Waals surface area contributed by atoms with Crippen molar-refractivity contribution < 1.29 is 9.53 Å². The molecule has 0 radical (unpaired) electrons. The second-order valence-electron chi connectivity index (χ2n) is 6.05. The Bertz CT molecular complexity index is 873. The number of carbonyl (C=O) groups excluding carboxylic acids is 1.